The molecule has 1 aliphatic rings. The molecule has 1 aliphatic heterocycles. The predicted octanol–water partition coefficient (Wildman–Crippen LogP) is 2.78. The van der Waals surface area contributed by atoms with E-state index in [2.05, 4.69) is 24.3 Å². The Morgan fingerprint density at radius 2 is 1.45 bits per heavy atom. The molecule has 1 fully saturated rings. The van der Waals surface area contributed by atoms with E-state index >= 15 is 0 Å². The first-order valence-corrected chi connectivity index (χ1v) is 11.0. The predicted molar refractivity (Wildman–Crippen MR) is 125 cm³/mol. The van der Waals surface area contributed by atoms with Crippen molar-refractivity contribution in [3.63, 3.8) is 0 Å². The Bertz CT molecular complexity index is 1060. The van der Waals surface area contributed by atoms with Gasteiger partial charge in [-0.25, -0.2) is 0 Å². The minimum absolute atomic E-state index is 0.444. The van der Waals surface area contributed by atoms with Gasteiger partial charge in [-0.05, 0) is 58.9 Å². The summed E-state index contributed by atoms with van der Waals surface area (Å²) in [5.74, 6) is 0.824. The van der Waals surface area contributed by atoms with Gasteiger partial charge in [0.05, 0.1) is 13.7 Å². The molecule has 6 nitrogen and oxygen atoms in total. The van der Waals surface area contributed by atoms with Crippen LogP contribution in [0.2, 0.25) is 0 Å². The average molecular weight is 451 g/mol. The van der Waals surface area contributed by atoms with Crippen LogP contribution in [0, 0.1) is 6.92 Å². The molecule has 0 amide bonds. The quantitative estimate of drug-likeness (QED) is 0.461. The van der Waals surface area contributed by atoms with Gasteiger partial charge in [0.15, 0.2) is 0 Å². The summed E-state index contributed by atoms with van der Waals surface area (Å²) in [4.78, 5) is 0. The number of benzene rings is 3. The van der Waals surface area contributed by atoms with E-state index < -0.39 is 37.1 Å². The van der Waals surface area contributed by atoms with Gasteiger partial charge in [-0.1, -0.05) is 54.6 Å². The molecule has 4 rings (SSSR count). The summed E-state index contributed by atoms with van der Waals surface area (Å²) in [5.41, 5.74) is 6.24. The second-order valence-electron chi connectivity index (χ2n) is 8.54. The summed E-state index contributed by atoms with van der Waals surface area (Å²) < 4.78 is 10.9. The fourth-order valence-corrected chi connectivity index (χ4v) is 4.25. The molecule has 33 heavy (non-hydrogen) atoms. The van der Waals surface area contributed by atoms with E-state index in [0.29, 0.717) is 12.0 Å². The highest BCUT2D eigenvalue weighted by atomic mass is 16.5. The minimum atomic E-state index is -1.39. The van der Waals surface area contributed by atoms with Crippen LogP contribution in [0.1, 0.15) is 28.4 Å². The van der Waals surface area contributed by atoms with Crippen LogP contribution < -0.4 is 4.74 Å². The fourth-order valence-electron chi connectivity index (χ4n) is 4.25. The summed E-state index contributed by atoms with van der Waals surface area (Å²) in [7, 11) is 1.65. The lowest BCUT2D eigenvalue weighted by atomic mass is 9.89. The number of aliphatic hydroxyl groups is 4. The monoisotopic (exact) mass is 450 g/mol. The topological polar surface area (TPSA) is 99.4 Å². The second kappa shape index (κ2) is 10.0. The van der Waals surface area contributed by atoms with Gasteiger partial charge in [0.1, 0.15) is 36.3 Å². The number of ether oxygens (including phenoxy) is 2. The third kappa shape index (κ3) is 4.95. The van der Waals surface area contributed by atoms with E-state index in [1.54, 1.807) is 7.11 Å². The molecule has 5 atom stereocenters. The molecule has 0 bridgehead atoms. The van der Waals surface area contributed by atoms with E-state index in [9.17, 15) is 20.4 Å². The van der Waals surface area contributed by atoms with Crippen LogP contribution in [-0.4, -0.2) is 58.6 Å². The average Bonchev–Trinajstić information content (AvgIpc) is 2.85. The first kappa shape index (κ1) is 23.4. The van der Waals surface area contributed by atoms with Crippen molar-refractivity contribution in [1.29, 1.82) is 0 Å². The van der Waals surface area contributed by atoms with Gasteiger partial charge in [-0.15, -0.1) is 0 Å². The van der Waals surface area contributed by atoms with E-state index in [4.69, 9.17) is 9.47 Å². The molecule has 1 saturated heterocycles. The maximum absolute atomic E-state index is 10.5. The van der Waals surface area contributed by atoms with Crippen molar-refractivity contribution < 1.29 is 29.9 Å². The lowest BCUT2D eigenvalue weighted by Crippen LogP contribution is -2.55. The molecule has 0 aliphatic carbocycles. The Morgan fingerprint density at radius 3 is 2.06 bits per heavy atom. The zero-order chi connectivity index (χ0) is 23.5. The molecule has 1 heterocycles. The van der Waals surface area contributed by atoms with Crippen molar-refractivity contribution >= 4 is 0 Å². The third-order valence-corrected chi connectivity index (χ3v) is 6.37. The molecule has 4 N–H and O–H groups in total. The number of hydrogen-bond donors (Lipinski definition) is 4. The Kier molecular flexibility index (Phi) is 7.12. The normalized spacial score (nSPS) is 25.1. The summed E-state index contributed by atoms with van der Waals surface area (Å²) in [6.07, 6.45) is -5.12. The zero-order valence-electron chi connectivity index (χ0n) is 18.8. The van der Waals surface area contributed by atoms with Crippen LogP contribution >= 0.6 is 0 Å². The van der Waals surface area contributed by atoms with Crippen LogP contribution in [0.4, 0.5) is 0 Å². The summed E-state index contributed by atoms with van der Waals surface area (Å²) in [5, 5.41) is 40.1. The largest absolute Gasteiger partial charge is 0.497 e. The van der Waals surface area contributed by atoms with Crippen LogP contribution in [0.15, 0.2) is 66.7 Å². The Labute approximate surface area is 193 Å². The van der Waals surface area contributed by atoms with Gasteiger partial charge in [-0.2, -0.15) is 0 Å². The van der Waals surface area contributed by atoms with Gasteiger partial charge in [0, 0.05) is 0 Å². The fraction of sp³-hybridized carbons (Fsp3) is 0.333. The molecule has 0 unspecified atom stereocenters. The Morgan fingerprint density at radius 1 is 0.818 bits per heavy atom. The lowest BCUT2D eigenvalue weighted by molar-refractivity contribution is -0.231. The van der Waals surface area contributed by atoms with Crippen LogP contribution in [-0.2, 0) is 11.2 Å². The van der Waals surface area contributed by atoms with Crippen molar-refractivity contribution in [2.24, 2.45) is 0 Å². The molecule has 174 valence electrons. The first-order chi connectivity index (χ1) is 15.9. The molecule has 0 aromatic heterocycles. The number of hydrogen-bond acceptors (Lipinski definition) is 6. The number of rotatable bonds is 6. The van der Waals surface area contributed by atoms with Gasteiger partial charge in [0.2, 0.25) is 0 Å². The van der Waals surface area contributed by atoms with Crippen molar-refractivity contribution in [2.75, 3.05) is 13.7 Å². The standard InChI is InChI=1S/C27H30O6/c1-16-3-6-20(27-26(31)25(30)24(29)23(15-28)33-27)14-21(16)13-17-4-7-18(8-5-17)19-9-11-22(32-2)12-10-19/h3-12,14,23-31H,13,15H2,1-2H3/t23-,24-,25+,26-,27+/m1/s1. The minimum Gasteiger partial charge on any atom is -0.497 e. The lowest BCUT2D eigenvalue weighted by Gasteiger charge is -2.40. The van der Waals surface area contributed by atoms with Crippen molar-refractivity contribution in [3.8, 4) is 16.9 Å². The molecule has 0 radical (unpaired) electrons. The van der Waals surface area contributed by atoms with Crippen molar-refractivity contribution in [2.45, 2.75) is 43.9 Å². The van der Waals surface area contributed by atoms with E-state index in [0.717, 1.165) is 33.6 Å². The molecule has 0 saturated carbocycles. The maximum Gasteiger partial charge on any atom is 0.118 e. The summed E-state index contributed by atoms with van der Waals surface area (Å²) in [6, 6.07) is 22.1. The van der Waals surface area contributed by atoms with Crippen LogP contribution in [0.5, 0.6) is 5.75 Å². The number of methoxy groups -OCH3 is 1. The second-order valence-corrected chi connectivity index (χ2v) is 8.54. The molecule has 3 aromatic carbocycles. The molecule has 3 aromatic rings. The summed E-state index contributed by atoms with van der Waals surface area (Å²) >= 11 is 0. The number of aliphatic hydroxyl groups excluding tert-OH is 4. The van der Waals surface area contributed by atoms with Gasteiger partial charge >= 0.3 is 0 Å². The highest BCUT2D eigenvalue weighted by molar-refractivity contribution is 5.64. The Hall–Kier alpha value is -2.74. The Balaban J connectivity index is 1.53. The summed E-state index contributed by atoms with van der Waals surface area (Å²) in [6.45, 7) is 1.58. The molecule has 6 heteroatoms. The SMILES string of the molecule is COc1ccc(-c2ccc(Cc3cc([C@@H]4O[C@H](CO)[C@@H](O)[C@H](O)[C@H]4O)ccc3C)cc2)cc1. The van der Waals surface area contributed by atoms with Crippen molar-refractivity contribution in [1.82, 2.24) is 0 Å². The molecular formula is C27H30O6. The third-order valence-electron chi connectivity index (χ3n) is 6.37. The molecular weight excluding hydrogens is 420 g/mol. The zero-order valence-corrected chi connectivity index (χ0v) is 18.8. The van der Waals surface area contributed by atoms with Gasteiger partial charge < -0.3 is 29.9 Å². The first-order valence-electron chi connectivity index (χ1n) is 11.0. The van der Waals surface area contributed by atoms with E-state index in [1.165, 1.54) is 0 Å². The van der Waals surface area contributed by atoms with Crippen LogP contribution in [0.3, 0.4) is 0 Å². The van der Waals surface area contributed by atoms with Crippen molar-refractivity contribution in [3.05, 3.63) is 89.0 Å². The highest BCUT2D eigenvalue weighted by Gasteiger charge is 2.43. The van der Waals surface area contributed by atoms with E-state index in [1.807, 2.05) is 49.4 Å². The van der Waals surface area contributed by atoms with Gasteiger partial charge in [0.25, 0.3) is 0 Å². The van der Waals surface area contributed by atoms with Crippen LogP contribution in [0.25, 0.3) is 11.1 Å². The van der Waals surface area contributed by atoms with Gasteiger partial charge in [-0.3, -0.25) is 0 Å². The maximum atomic E-state index is 10.5. The highest BCUT2D eigenvalue weighted by Crippen LogP contribution is 2.33. The van der Waals surface area contributed by atoms with E-state index in [-0.39, 0.29) is 0 Å². The molecule has 0 spiro atoms. The number of aryl methyl sites for hydroxylation is 1. The smallest absolute Gasteiger partial charge is 0.118 e.